The maximum atomic E-state index is 12.2. The zero-order chi connectivity index (χ0) is 13.2. The molecule has 1 fully saturated rings. The lowest BCUT2D eigenvalue weighted by Gasteiger charge is -2.30. The number of H-pyrrole nitrogens is 1. The molecule has 1 aromatic rings. The molecule has 1 aliphatic rings. The van der Waals surface area contributed by atoms with Crippen molar-refractivity contribution >= 4 is 10.2 Å². The third kappa shape index (κ3) is 3.09. The van der Waals surface area contributed by atoms with Crippen LogP contribution >= 0.6 is 0 Å². The van der Waals surface area contributed by atoms with Crippen LogP contribution in [-0.4, -0.2) is 35.8 Å². The van der Waals surface area contributed by atoms with E-state index in [0.29, 0.717) is 24.8 Å². The molecule has 2 rings (SSSR count). The van der Waals surface area contributed by atoms with Gasteiger partial charge in [-0.15, -0.1) is 0 Å². The summed E-state index contributed by atoms with van der Waals surface area (Å²) in [6.45, 7) is 5.13. The molecule has 18 heavy (non-hydrogen) atoms. The molecule has 0 radical (unpaired) electrons. The Bertz CT molecular complexity index is 463. The SMILES string of the molecule is CC1CCN(S(=O)(=O)NC(C)c2ncc[nH]2)CC1. The van der Waals surface area contributed by atoms with Gasteiger partial charge in [-0.2, -0.15) is 17.4 Å². The second-order valence-electron chi connectivity index (χ2n) is 4.90. The molecule has 0 aliphatic carbocycles. The van der Waals surface area contributed by atoms with Gasteiger partial charge in [0, 0.05) is 25.5 Å². The van der Waals surface area contributed by atoms with E-state index in [0.717, 1.165) is 12.8 Å². The molecular formula is C11H20N4O2S. The topological polar surface area (TPSA) is 78.1 Å². The smallest absolute Gasteiger partial charge is 0.280 e. The molecule has 0 spiro atoms. The minimum Gasteiger partial charge on any atom is -0.347 e. The van der Waals surface area contributed by atoms with Crippen LogP contribution in [0.4, 0.5) is 0 Å². The van der Waals surface area contributed by atoms with Gasteiger partial charge in [-0.1, -0.05) is 6.92 Å². The van der Waals surface area contributed by atoms with Gasteiger partial charge < -0.3 is 4.98 Å². The number of nitrogens with zero attached hydrogens (tertiary/aromatic N) is 2. The molecule has 0 saturated carbocycles. The van der Waals surface area contributed by atoms with Crippen molar-refractivity contribution in [3.8, 4) is 0 Å². The summed E-state index contributed by atoms with van der Waals surface area (Å²) in [7, 11) is -3.41. The molecule has 0 amide bonds. The van der Waals surface area contributed by atoms with Gasteiger partial charge >= 0.3 is 0 Å². The average Bonchev–Trinajstić information content (AvgIpc) is 2.82. The molecule has 1 saturated heterocycles. The molecule has 1 aromatic heterocycles. The van der Waals surface area contributed by atoms with E-state index < -0.39 is 10.2 Å². The highest BCUT2D eigenvalue weighted by atomic mass is 32.2. The van der Waals surface area contributed by atoms with Gasteiger partial charge in [-0.3, -0.25) is 0 Å². The van der Waals surface area contributed by atoms with E-state index in [9.17, 15) is 8.42 Å². The summed E-state index contributed by atoms with van der Waals surface area (Å²) >= 11 is 0. The summed E-state index contributed by atoms with van der Waals surface area (Å²) in [5.41, 5.74) is 0. The van der Waals surface area contributed by atoms with Crippen molar-refractivity contribution in [2.75, 3.05) is 13.1 Å². The number of nitrogens with one attached hydrogen (secondary N) is 2. The molecule has 0 bridgehead atoms. The van der Waals surface area contributed by atoms with Crippen LogP contribution in [0.25, 0.3) is 0 Å². The maximum absolute atomic E-state index is 12.2. The quantitative estimate of drug-likeness (QED) is 0.859. The Balaban J connectivity index is 1.99. The molecular weight excluding hydrogens is 252 g/mol. The molecule has 7 heteroatoms. The third-order valence-electron chi connectivity index (χ3n) is 3.34. The zero-order valence-corrected chi connectivity index (χ0v) is 11.6. The van der Waals surface area contributed by atoms with Crippen LogP contribution in [0.15, 0.2) is 12.4 Å². The van der Waals surface area contributed by atoms with E-state index in [2.05, 4.69) is 21.6 Å². The Morgan fingerprint density at radius 1 is 1.50 bits per heavy atom. The first-order chi connectivity index (χ1) is 8.49. The molecule has 2 N–H and O–H groups in total. The largest absolute Gasteiger partial charge is 0.347 e. The molecule has 102 valence electrons. The Morgan fingerprint density at radius 2 is 2.17 bits per heavy atom. The number of hydrogen-bond acceptors (Lipinski definition) is 3. The summed E-state index contributed by atoms with van der Waals surface area (Å²) < 4.78 is 28.5. The Morgan fingerprint density at radius 3 is 2.72 bits per heavy atom. The highest BCUT2D eigenvalue weighted by Gasteiger charge is 2.28. The standard InChI is InChI=1S/C11H20N4O2S/c1-9-3-7-15(8-4-9)18(16,17)14-10(2)11-12-5-6-13-11/h5-6,9-10,14H,3-4,7-8H2,1-2H3,(H,12,13). The summed E-state index contributed by atoms with van der Waals surface area (Å²) in [5.74, 6) is 1.24. The van der Waals surface area contributed by atoms with E-state index in [1.807, 2.05) is 0 Å². The number of rotatable bonds is 4. The van der Waals surface area contributed by atoms with Gasteiger partial charge in [0.25, 0.3) is 10.2 Å². The Hall–Kier alpha value is -0.920. The maximum Gasteiger partial charge on any atom is 0.280 e. The fraction of sp³-hybridized carbons (Fsp3) is 0.727. The van der Waals surface area contributed by atoms with Crippen molar-refractivity contribution in [3.63, 3.8) is 0 Å². The average molecular weight is 272 g/mol. The van der Waals surface area contributed by atoms with Crippen LogP contribution in [-0.2, 0) is 10.2 Å². The summed E-state index contributed by atoms with van der Waals surface area (Å²) in [4.78, 5) is 6.97. The number of piperidine rings is 1. The van der Waals surface area contributed by atoms with E-state index >= 15 is 0 Å². The van der Waals surface area contributed by atoms with Crippen LogP contribution < -0.4 is 4.72 Å². The summed E-state index contributed by atoms with van der Waals surface area (Å²) in [6.07, 6.45) is 5.15. The van der Waals surface area contributed by atoms with E-state index in [1.54, 1.807) is 19.3 Å². The lowest BCUT2D eigenvalue weighted by Crippen LogP contribution is -2.45. The van der Waals surface area contributed by atoms with Crippen LogP contribution in [0.5, 0.6) is 0 Å². The number of hydrogen-bond donors (Lipinski definition) is 2. The predicted octanol–water partition coefficient (Wildman–Crippen LogP) is 1.04. The van der Waals surface area contributed by atoms with Gasteiger partial charge in [0.2, 0.25) is 0 Å². The first-order valence-corrected chi connectivity index (χ1v) is 7.69. The minimum atomic E-state index is -3.41. The first-order valence-electron chi connectivity index (χ1n) is 6.25. The van der Waals surface area contributed by atoms with E-state index in [4.69, 9.17) is 0 Å². The molecule has 1 unspecified atom stereocenters. The lowest BCUT2D eigenvalue weighted by molar-refractivity contribution is 0.283. The molecule has 1 aliphatic heterocycles. The molecule has 6 nitrogen and oxygen atoms in total. The van der Waals surface area contributed by atoms with Gasteiger partial charge in [0.15, 0.2) is 0 Å². The first kappa shape index (κ1) is 13.5. The van der Waals surface area contributed by atoms with Crippen molar-refractivity contribution in [1.82, 2.24) is 19.0 Å². The van der Waals surface area contributed by atoms with Gasteiger partial charge in [0.05, 0.1) is 6.04 Å². The monoisotopic (exact) mass is 272 g/mol. The summed E-state index contributed by atoms with van der Waals surface area (Å²) in [5, 5.41) is 0. The van der Waals surface area contributed by atoms with Gasteiger partial charge in [0.1, 0.15) is 5.82 Å². The Labute approximate surface area is 108 Å². The van der Waals surface area contributed by atoms with Crippen LogP contribution in [0.3, 0.4) is 0 Å². The molecule has 1 atom stereocenters. The van der Waals surface area contributed by atoms with Crippen molar-refractivity contribution < 1.29 is 8.42 Å². The highest BCUT2D eigenvalue weighted by Crippen LogP contribution is 2.19. The van der Waals surface area contributed by atoms with E-state index in [-0.39, 0.29) is 6.04 Å². The van der Waals surface area contributed by atoms with Crippen molar-refractivity contribution in [2.45, 2.75) is 32.7 Å². The van der Waals surface area contributed by atoms with Crippen LogP contribution in [0.2, 0.25) is 0 Å². The lowest BCUT2D eigenvalue weighted by atomic mass is 10.0. The van der Waals surface area contributed by atoms with Crippen LogP contribution in [0.1, 0.15) is 38.6 Å². The predicted molar refractivity (Wildman–Crippen MR) is 69.0 cm³/mol. The number of aromatic nitrogens is 2. The molecule has 2 heterocycles. The normalized spacial score (nSPS) is 21.0. The van der Waals surface area contributed by atoms with Crippen molar-refractivity contribution in [1.29, 1.82) is 0 Å². The zero-order valence-electron chi connectivity index (χ0n) is 10.8. The fourth-order valence-electron chi connectivity index (χ4n) is 2.09. The Kier molecular flexibility index (Phi) is 4.04. The third-order valence-corrected chi connectivity index (χ3v) is 5.03. The summed E-state index contributed by atoms with van der Waals surface area (Å²) in [6, 6.07) is -0.343. The fourth-order valence-corrected chi connectivity index (χ4v) is 3.49. The molecule has 0 aromatic carbocycles. The number of aromatic amines is 1. The van der Waals surface area contributed by atoms with Crippen LogP contribution in [0, 0.1) is 5.92 Å². The van der Waals surface area contributed by atoms with Crippen molar-refractivity contribution in [2.24, 2.45) is 5.92 Å². The highest BCUT2D eigenvalue weighted by molar-refractivity contribution is 7.87. The second kappa shape index (κ2) is 5.38. The van der Waals surface area contributed by atoms with E-state index in [1.165, 1.54) is 4.31 Å². The van der Waals surface area contributed by atoms with Gasteiger partial charge in [-0.25, -0.2) is 4.98 Å². The van der Waals surface area contributed by atoms with Gasteiger partial charge in [-0.05, 0) is 25.7 Å². The minimum absolute atomic E-state index is 0.343. The second-order valence-corrected chi connectivity index (χ2v) is 6.60. The number of imidazole rings is 1. The van der Waals surface area contributed by atoms with Crippen molar-refractivity contribution in [3.05, 3.63) is 18.2 Å².